The number of amides is 1. The van der Waals surface area contributed by atoms with Gasteiger partial charge in [-0.05, 0) is 66.9 Å². The van der Waals surface area contributed by atoms with E-state index < -0.39 is 15.9 Å². The number of benzene rings is 2. The number of nitrogens with one attached hydrogen (secondary N) is 1. The molecular formula is C23H25N3O5S. The zero-order valence-corrected chi connectivity index (χ0v) is 18.8. The van der Waals surface area contributed by atoms with Crippen molar-refractivity contribution < 1.29 is 22.7 Å². The van der Waals surface area contributed by atoms with Crippen LogP contribution in [-0.2, 0) is 16.6 Å². The number of rotatable bonds is 8. The number of sulfonamides is 1. The second kappa shape index (κ2) is 9.80. The quantitative estimate of drug-likeness (QED) is 0.538. The maximum absolute atomic E-state index is 12.8. The highest BCUT2D eigenvalue weighted by molar-refractivity contribution is 7.89. The lowest BCUT2D eigenvalue weighted by Gasteiger charge is -2.18. The maximum atomic E-state index is 12.8. The molecule has 0 bridgehead atoms. The molecule has 0 saturated carbocycles. The molecule has 0 radical (unpaired) electrons. The van der Waals surface area contributed by atoms with E-state index >= 15 is 0 Å². The van der Waals surface area contributed by atoms with Crippen LogP contribution in [0, 0.1) is 6.92 Å². The van der Waals surface area contributed by atoms with E-state index in [-0.39, 0.29) is 16.5 Å². The van der Waals surface area contributed by atoms with Gasteiger partial charge in [0.1, 0.15) is 6.61 Å². The molecule has 8 nitrogen and oxygen atoms in total. The molecule has 0 aliphatic carbocycles. The van der Waals surface area contributed by atoms with Crippen molar-refractivity contribution in [2.24, 2.45) is 5.14 Å². The average molecular weight is 456 g/mol. The Balaban J connectivity index is 1.75. The van der Waals surface area contributed by atoms with Crippen LogP contribution in [0.4, 0.5) is 0 Å². The van der Waals surface area contributed by atoms with Gasteiger partial charge in [-0.25, -0.2) is 13.6 Å². The van der Waals surface area contributed by atoms with Crippen molar-refractivity contribution >= 4 is 15.9 Å². The fourth-order valence-electron chi connectivity index (χ4n) is 3.09. The summed E-state index contributed by atoms with van der Waals surface area (Å²) in [4.78, 5) is 16.7. The molecule has 0 fully saturated rings. The van der Waals surface area contributed by atoms with Gasteiger partial charge in [-0.2, -0.15) is 0 Å². The van der Waals surface area contributed by atoms with Gasteiger partial charge >= 0.3 is 0 Å². The molecule has 3 aromatic rings. The van der Waals surface area contributed by atoms with Gasteiger partial charge in [0.15, 0.2) is 11.5 Å². The van der Waals surface area contributed by atoms with Crippen LogP contribution in [0.15, 0.2) is 65.8 Å². The third-order valence-corrected chi connectivity index (χ3v) is 5.87. The Kier molecular flexibility index (Phi) is 7.12. The zero-order valence-electron chi connectivity index (χ0n) is 18.0. The van der Waals surface area contributed by atoms with Crippen LogP contribution >= 0.6 is 0 Å². The Hall–Kier alpha value is -3.43. The van der Waals surface area contributed by atoms with Crippen LogP contribution in [0.3, 0.4) is 0 Å². The van der Waals surface area contributed by atoms with Crippen molar-refractivity contribution in [2.45, 2.75) is 31.4 Å². The predicted molar refractivity (Wildman–Crippen MR) is 120 cm³/mol. The number of aryl methyl sites for hydroxylation is 1. The van der Waals surface area contributed by atoms with E-state index in [0.717, 1.165) is 11.1 Å². The van der Waals surface area contributed by atoms with Crippen molar-refractivity contribution in [1.82, 2.24) is 10.3 Å². The number of carbonyl (C=O) groups is 1. The molecule has 3 N–H and O–H groups in total. The van der Waals surface area contributed by atoms with Gasteiger partial charge in [0.25, 0.3) is 5.91 Å². The van der Waals surface area contributed by atoms with Gasteiger partial charge in [-0.15, -0.1) is 0 Å². The molecule has 1 unspecified atom stereocenters. The number of hydrogen-bond acceptors (Lipinski definition) is 6. The first-order chi connectivity index (χ1) is 15.2. The van der Waals surface area contributed by atoms with Crippen molar-refractivity contribution in [3.63, 3.8) is 0 Å². The summed E-state index contributed by atoms with van der Waals surface area (Å²) in [5.74, 6) is 0.700. The Morgan fingerprint density at radius 1 is 1.09 bits per heavy atom. The zero-order chi connectivity index (χ0) is 23.3. The number of pyridine rings is 1. The fraction of sp³-hybridized carbons (Fsp3) is 0.217. The van der Waals surface area contributed by atoms with Gasteiger partial charge in [-0.1, -0.05) is 12.1 Å². The minimum atomic E-state index is -3.91. The van der Waals surface area contributed by atoms with Crippen molar-refractivity contribution in [3.8, 4) is 11.5 Å². The number of nitrogens with zero attached hydrogens (tertiary/aromatic N) is 1. The van der Waals surface area contributed by atoms with Crippen LogP contribution in [0.5, 0.6) is 11.5 Å². The Labute approximate surface area is 187 Å². The van der Waals surface area contributed by atoms with E-state index in [1.807, 2.05) is 25.1 Å². The summed E-state index contributed by atoms with van der Waals surface area (Å²) in [6.07, 6.45) is 3.40. The summed E-state index contributed by atoms with van der Waals surface area (Å²) in [5, 5.41) is 8.07. The van der Waals surface area contributed by atoms with Crippen molar-refractivity contribution in [2.75, 3.05) is 7.11 Å². The lowest BCUT2D eigenvalue weighted by Crippen LogP contribution is -2.27. The molecule has 2 aromatic carbocycles. The van der Waals surface area contributed by atoms with Gasteiger partial charge in [0.05, 0.1) is 18.0 Å². The largest absolute Gasteiger partial charge is 0.493 e. The molecule has 168 valence electrons. The van der Waals surface area contributed by atoms with Gasteiger partial charge in [0, 0.05) is 18.0 Å². The summed E-state index contributed by atoms with van der Waals surface area (Å²) >= 11 is 0. The Morgan fingerprint density at radius 2 is 1.81 bits per heavy atom. The third-order valence-electron chi connectivity index (χ3n) is 4.96. The number of nitrogens with two attached hydrogens (primary N) is 1. The second-order valence-corrected chi connectivity index (χ2v) is 8.83. The first-order valence-electron chi connectivity index (χ1n) is 9.83. The summed E-state index contributed by atoms with van der Waals surface area (Å²) in [6.45, 7) is 3.91. The topological polar surface area (TPSA) is 121 Å². The summed E-state index contributed by atoms with van der Waals surface area (Å²) in [5.41, 5.74) is 2.66. The van der Waals surface area contributed by atoms with E-state index in [4.69, 9.17) is 14.6 Å². The smallest absolute Gasteiger partial charge is 0.252 e. The molecule has 1 atom stereocenters. The SMILES string of the molecule is COc1cc(C(C)NC(=O)c2cc(S(N)(=O)=O)ccc2C)ccc1OCc1ccncc1. The highest BCUT2D eigenvalue weighted by Gasteiger charge is 2.18. The van der Waals surface area contributed by atoms with E-state index in [0.29, 0.717) is 23.7 Å². The number of methoxy groups -OCH3 is 1. The third kappa shape index (κ3) is 5.63. The minimum absolute atomic E-state index is 0.113. The standard InChI is InChI=1S/C23H25N3O5S/c1-15-4-6-19(32(24,28)29)13-20(15)23(27)26-16(2)18-5-7-21(22(12-18)30-3)31-14-17-8-10-25-11-9-17/h4-13,16H,14H2,1-3H3,(H,26,27)(H2,24,28,29). The van der Waals surface area contributed by atoms with Gasteiger partial charge in [-0.3, -0.25) is 9.78 Å². The van der Waals surface area contributed by atoms with E-state index in [1.54, 1.807) is 44.6 Å². The average Bonchev–Trinajstić information content (AvgIpc) is 2.77. The van der Waals surface area contributed by atoms with Gasteiger partial charge < -0.3 is 14.8 Å². The molecule has 1 heterocycles. The molecule has 1 amide bonds. The van der Waals surface area contributed by atoms with Crippen LogP contribution < -0.4 is 19.9 Å². The van der Waals surface area contributed by atoms with Crippen molar-refractivity contribution in [3.05, 3.63) is 83.2 Å². The Morgan fingerprint density at radius 3 is 2.47 bits per heavy atom. The number of aromatic nitrogens is 1. The van der Waals surface area contributed by atoms with E-state index in [1.165, 1.54) is 12.1 Å². The van der Waals surface area contributed by atoms with Gasteiger partial charge in [0.2, 0.25) is 10.0 Å². The maximum Gasteiger partial charge on any atom is 0.252 e. The number of primary sulfonamides is 1. The first-order valence-corrected chi connectivity index (χ1v) is 11.4. The number of hydrogen-bond donors (Lipinski definition) is 2. The first kappa shape index (κ1) is 23.2. The second-order valence-electron chi connectivity index (χ2n) is 7.27. The summed E-state index contributed by atoms with van der Waals surface area (Å²) in [6, 6.07) is 13.0. The summed E-state index contributed by atoms with van der Waals surface area (Å²) < 4.78 is 34.6. The Bertz CT molecular complexity index is 1210. The molecule has 32 heavy (non-hydrogen) atoms. The molecule has 3 rings (SSSR count). The highest BCUT2D eigenvalue weighted by atomic mass is 32.2. The van der Waals surface area contributed by atoms with Crippen LogP contribution in [0.2, 0.25) is 0 Å². The lowest BCUT2D eigenvalue weighted by molar-refractivity contribution is 0.0939. The minimum Gasteiger partial charge on any atom is -0.493 e. The normalized spacial score (nSPS) is 12.1. The van der Waals surface area contributed by atoms with Crippen LogP contribution in [0.1, 0.15) is 40.0 Å². The predicted octanol–water partition coefficient (Wildman–Crippen LogP) is 3.12. The molecule has 0 saturated heterocycles. The van der Waals surface area contributed by atoms with E-state index in [2.05, 4.69) is 10.3 Å². The van der Waals surface area contributed by atoms with Crippen LogP contribution in [0.25, 0.3) is 0 Å². The highest BCUT2D eigenvalue weighted by Crippen LogP contribution is 2.31. The molecular weight excluding hydrogens is 430 g/mol. The van der Waals surface area contributed by atoms with Crippen molar-refractivity contribution in [1.29, 1.82) is 0 Å². The summed E-state index contributed by atoms with van der Waals surface area (Å²) in [7, 11) is -2.36. The molecule has 0 aliphatic rings. The molecule has 0 spiro atoms. The van der Waals surface area contributed by atoms with Crippen LogP contribution in [-0.4, -0.2) is 26.4 Å². The van der Waals surface area contributed by atoms with E-state index in [9.17, 15) is 13.2 Å². The molecule has 0 aliphatic heterocycles. The fourth-order valence-corrected chi connectivity index (χ4v) is 3.63. The molecule has 9 heteroatoms. The molecule has 1 aromatic heterocycles. The lowest BCUT2D eigenvalue weighted by atomic mass is 10.1. The number of carbonyl (C=O) groups excluding carboxylic acids is 1. The monoisotopic (exact) mass is 455 g/mol. The number of ether oxygens (including phenoxy) is 2.